The monoisotopic (exact) mass is 1340 g/mol. The van der Waals surface area contributed by atoms with Crippen molar-refractivity contribution in [3.63, 3.8) is 0 Å². The molecule has 0 heterocycles. The Morgan fingerprint density at radius 1 is 0.308 bits per heavy atom. The zero-order valence-corrected chi connectivity index (χ0v) is 60.8. The van der Waals surface area contributed by atoms with Crippen LogP contribution >= 0.6 is 15.6 Å². The van der Waals surface area contributed by atoms with E-state index in [0.29, 0.717) is 25.7 Å². The van der Waals surface area contributed by atoms with Crippen LogP contribution in [-0.4, -0.2) is 96.7 Å². The number of aliphatic hydroxyl groups is 1. The molecule has 0 aromatic heterocycles. The number of hydrogen-bond donors (Lipinski definition) is 3. The molecule has 17 nitrogen and oxygen atoms in total. The summed E-state index contributed by atoms with van der Waals surface area (Å²) in [6.07, 6.45) is 53.4. The molecule has 0 aliphatic carbocycles. The maximum atomic E-state index is 13.1. The Bertz CT molecular complexity index is 1760. The number of phosphoric acid groups is 2. The summed E-state index contributed by atoms with van der Waals surface area (Å²) in [5.41, 5.74) is 0. The zero-order valence-electron chi connectivity index (χ0n) is 59.0. The van der Waals surface area contributed by atoms with Gasteiger partial charge in [-0.3, -0.25) is 37.3 Å². The van der Waals surface area contributed by atoms with Crippen LogP contribution in [-0.2, 0) is 65.4 Å². The van der Waals surface area contributed by atoms with Crippen LogP contribution < -0.4 is 0 Å². The number of hydrogen-bond acceptors (Lipinski definition) is 15. The molecule has 540 valence electrons. The van der Waals surface area contributed by atoms with E-state index in [1.54, 1.807) is 0 Å². The summed E-state index contributed by atoms with van der Waals surface area (Å²) in [6.45, 7) is 7.19. The second-order valence-electron chi connectivity index (χ2n) is 26.2. The fraction of sp³-hybridized carbons (Fsp3) is 0.944. The topological polar surface area (TPSA) is 237 Å². The molecule has 0 rings (SSSR count). The minimum atomic E-state index is -4.95. The van der Waals surface area contributed by atoms with Crippen LogP contribution in [0.15, 0.2) is 0 Å². The van der Waals surface area contributed by atoms with Crippen molar-refractivity contribution in [2.24, 2.45) is 5.92 Å². The van der Waals surface area contributed by atoms with E-state index < -0.39 is 97.5 Å². The van der Waals surface area contributed by atoms with Crippen molar-refractivity contribution >= 4 is 39.5 Å². The van der Waals surface area contributed by atoms with E-state index in [2.05, 4.69) is 34.6 Å². The van der Waals surface area contributed by atoms with E-state index in [4.69, 9.17) is 37.0 Å². The highest BCUT2D eigenvalue weighted by molar-refractivity contribution is 7.47. The van der Waals surface area contributed by atoms with Crippen molar-refractivity contribution in [3.05, 3.63) is 0 Å². The van der Waals surface area contributed by atoms with Gasteiger partial charge in [0.25, 0.3) is 0 Å². The van der Waals surface area contributed by atoms with Gasteiger partial charge < -0.3 is 33.8 Å². The molecule has 0 aliphatic heterocycles. The summed E-state index contributed by atoms with van der Waals surface area (Å²) in [7, 11) is -9.88. The van der Waals surface area contributed by atoms with Crippen molar-refractivity contribution in [3.8, 4) is 0 Å². The third-order valence-electron chi connectivity index (χ3n) is 17.1. The number of aliphatic hydroxyl groups excluding tert-OH is 1. The van der Waals surface area contributed by atoms with Crippen molar-refractivity contribution < 1.29 is 80.2 Å². The van der Waals surface area contributed by atoms with E-state index in [9.17, 15) is 43.2 Å². The molecule has 3 unspecified atom stereocenters. The summed E-state index contributed by atoms with van der Waals surface area (Å²) in [5, 5.41) is 10.5. The molecule has 0 aromatic rings. The fourth-order valence-electron chi connectivity index (χ4n) is 11.0. The Hall–Kier alpha value is -1.94. The highest BCUT2D eigenvalue weighted by Crippen LogP contribution is 2.45. The van der Waals surface area contributed by atoms with Crippen molar-refractivity contribution in [2.75, 3.05) is 39.6 Å². The average Bonchev–Trinajstić information content (AvgIpc) is 3.27. The average molecular weight is 1340 g/mol. The van der Waals surface area contributed by atoms with Gasteiger partial charge in [0.2, 0.25) is 0 Å². The molecule has 0 aliphatic rings. The number of unbranched alkanes of at least 4 members (excludes halogenated alkanes) is 43. The Morgan fingerprint density at radius 3 is 0.780 bits per heavy atom. The second kappa shape index (κ2) is 65.4. The van der Waals surface area contributed by atoms with E-state index in [0.717, 1.165) is 115 Å². The third kappa shape index (κ3) is 65.1. The van der Waals surface area contributed by atoms with Gasteiger partial charge in [-0.15, -0.1) is 0 Å². The molecule has 3 N–H and O–H groups in total. The van der Waals surface area contributed by atoms with Gasteiger partial charge in [-0.05, 0) is 31.6 Å². The summed E-state index contributed by atoms with van der Waals surface area (Å²) in [5.74, 6) is -1.27. The summed E-state index contributed by atoms with van der Waals surface area (Å²) >= 11 is 0. The lowest BCUT2D eigenvalue weighted by atomic mass is 9.99. The molecule has 0 saturated heterocycles. The zero-order chi connectivity index (χ0) is 67.0. The molecule has 0 bridgehead atoms. The van der Waals surface area contributed by atoms with Crippen LogP contribution in [0.25, 0.3) is 0 Å². The maximum Gasteiger partial charge on any atom is 0.472 e. The molecule has 0 amide bonds. The van der Waals surface area contributed by atoms with Crippen LogP contribution in [0.5, 0.6) is 0 Å². The van der Waals surface area contributed by atoms with Gasteiger partial charge in [0, 0.05) is 25.7 Å². The van der Waals surface area contributed by atoms with Gasteiger partial charge in [-0.2, -0.15) is 0 Å². The Kier molecular flexibility index (Phi) is 64.0. The number of esters is 4. The second-order valence-corrected chi connectivity index (χ2v) is 29.1. The van der Waals surface area contributed by atoms with Crippen LogP contribution in [0, 0.1) is 5.92 Å². The van der Waals surface area contributed by atoms with E-state index in [-0.39, 0.29) is 25.7 Å². The predicted molar refractivity (Wildman–Crippen MR) is 368 cm³/mol. The van der Waals surface area contributed by atoms with Crippen LogP contribution in [0.4, 0.5) is 0 Å². The quantitative estimate of drug-likeness (QED) is 0.0222. The smallest absolute Gasteiger partial charge is 0.462 e. The normalized spacial score (nSPS) is 14.3. The number of rotatable bonds is 72. The van der Waals surface area contributed by atoms with Crippen molar-refractivity contribution in [2.45, 2.75) is 393 Å². The number of carbonyl (C=O) groups is 4. The molecule has 91 heavy (non-hydrogen) atoms. The highest BCUT2D eigenvalue weighted by Gasteiger charge is 2.30. The molecule has 0 spiro atoms. The lowest BCUT2D eigenvalue weighted by Gasteiger charge is -2.21. The van der Waals surface area contributed by atoms with E-state index in [1.807, 2.05) is 0 Å². The molecule has 19 heteroatoms. The molecular formula is C72H140O17P2. The molecule has 0 aromatic carbocycles. The molecule has 0 saturated carbocycles. The first kappa shape index (κ1) is 89.1. The minimum Gasteiger partial charge on any atom is -0.462 e. The molecular weight excluding hydrogens is 1200 g/mol. The highest BCUT2D eigenvalue weighted by atomic mass is 31.2. The lowest BCUT2D eigenvalue weighted by molar-refractivity contribution is -0.161. The summed E-state index contributed by atoms with van der Waals surface area (Å²) < 4.78 is 68.0. The van der Waals surface area contributed by atoms with Crippen LogP contribution in [0.3, 0.4) is 0 Å². The van der Waals surface area contributed by atoms with Crippen LogP contribution in [0.1, 0.15) is 375 Å². The SMILES string of the molecule is CCCCCCCCCCCCCCCCCCCC(=O)OC[C@H](COP(=O)(O)OC[C@@H](O)COP(=O)(O)OC[C@@H](COC(=O)CCCCCCC)OC(=O)CCCCCCCCC)OC(=O)CCCCCCCCCCCCCCCCCCCCC(C)CC. The summed E-state index contributed by atoms with van der Waals surface area (Å²) in [4.78, 5) is 72.1. The minimum absolute atomic E-state index is 0.103. The predicted octanol–water partition coefficient (Wildman–Crippen LogP) is 20.9. The Morgan fingerprint density at radius 2 is 0.527 bits per heavy atom. The van der Waals surface area contributed by atoms with E-state index >= 15 is 0 Å². The molecule has 0 fully saturated rings. The number of phosphoric ester groups is 2. The van der Waals surface area contributed by atoms with Crippen molar-refractivity contribution in [1.29, 1.82) is 0 Å². The Labute approximate surface area is 556 Å². The largest absolute Gasteiger partial charge is 0.472 e. The number of ether oxygens (including phenoxy) is 4. The van der Waals surface area contributed by atoms with Gasteiger partial charge in [0.05, 0.1) is 26.4 Å². The first-order valence-electron chi connectivity index (χ1n) is 37.7. The number of carbonyl (C=O) groups excluding carboxylic acids is 4. The fourth-order valence-corrected chi connectivity index (χ4v) is 12.5. The van der Waals surface area contributed by atoms with E-state index in [1.165, 1.54) is 180 Å². The van der Waals surface area contributed by atoms with Crippen molar-refractivity contribution in [1.82, 2.24) is 0 Å². The first-order valence-corrected chi connectivity index (χ1v) is 40.7. The van der Waals surface area contributed by atoms with Gasteiger partial charge in [0.15, 0.2) is 12.2 Å². The van der Waals surface area contributed by atoms with Gasteiger partial charge in [-0.25, -0.2) is 9.13 Å². The van der Waals surface area contributed by atoms with Crippen LogP contribution in [0.2, 0.25) is 0 Å². The standard InChI is InChI=1S/C72H140O17P2/c1-6-10-13-16-18-19-20-21-22-25-29-32-35-38-42-46-51-56-70(75)83-62-68(89-72(77)58-53-48-43-39-36-33-30-27-24-23-26-28-31-34-37-41-45-49-54-65(5)9-4)64-87-91(80,81)85-60-66(73)59-84-90(78,79)86-63-67(61-82-69(74)55-50-44-15-12-8-3)88-71(76)57-52-47-40-17-14-11-7-2/h65-68,73H,6-64H2,1-5H3,(H,78,79)(H,80,81)/t65?,66-,67+,68+/m0/s1. The Balaban J connectivity index is 5.07. The van der Waals surface area contributed by atoms with Gasteiger partial charge in [-0.1, -0.05) is 324 Å². The first-order chi connectivity index (χ1) is 44.1. The third-order valence-corrected chi connectivity index (χ3v) is 19.0. The van der Waals surface area contributed by atoms with Gasteiger partial charge >= 0.3 is 39.5 Å². The van der Waals surface area contributed by atoms with Gasteiger partial charge in [0.1, 0.15) is 19.3 Å². The molecule has 6 atom stereocenters. The lowest BCUT2D eigenvalue weighted by Crippen LogP contribution is -2.30. The summed E-state index contributed by atoms with van der Waals surface area (Å²) in [6, 6.07) is 0. The molecule has 0 radical (unpaired) electrons. The maximum absolute atomic E-state index is 13.1.